The summed E-state index contributed by atoms with van der Waals surface area (Å²) in [6.45, 7) is 12.7. The van der Waals surface area contributed by atoms with Gasteiger partial charge in [-0.25, -0.2) is 0 Å². The van der Waals surface area contributed by atoms with Gasteiger partial charge in [0.1, 0.15) is 11.2 Å². The summed E-state index contributed by atoms with van der Waals surface area (Å²) < 4.78 is 12.3. The van der Waals surface area contributed by atoms with E-state index in [1.165, 1.54) is 0 Å². The van der Waals surface area contributed by atoms with Crippen LogP contribution >= 0.6 is 0 Å². The fraction of sp³-hybridized carbons (Fsp3) is 0.800. The molecule has 2 heteroatoms. The topological polar surface area (TPSA) is 18.5 Å². The monoisotopic (exact) mass is 302 g/mol. The van der Waals surface area contributed by atoms with Gasteiger partial charge >= 0.3 is 0 Å². The van der Waals surface area contributed by atoms with Crippen LogP contribution in [0.4, 0.5) is 0 Å². The molecule has 2 saturated heterocycles. The highest BCUT2D eigenvalue weighted by molar-refractivity contribution is 5.33. The van der Waals surface area contributed by atoms with Crippen molar-refractivity contribution < 1.29 is 9.47 Å². The van der Waals surface area contributed by atoms with E-state index in [-0.39, 0.29) is 22.4 Å². The maximum Gasteiger partial charge on any atom is 0.127 e. The molecule has 122 valence electrons. The summed E-state index contributed by atoms with van der Waals surface area (Å²) in [6, 6.07) is 0. The van der Waals surface area contributed by atoms with Gasteiger partial charge in [0, 0.05) is 0 Å². The van der Waals surface area contributed by atoms with Crippen molar-refractivity contribution in [2.45, 2.75) is 102 Å². The van der Waals surface area contributed by atoms with Crippen molar-refractivity contribution in [1.29, 1.82) is 0 Å². The molecule has 0 bridgehead atoms. The summed E-state index contributed by atoms with van der Waals surface area (Å²) in [5, 5.41) is 0. The second-order valence-corrected chi connectivity index (χ2v) is 8.39. The molecule has 0 aromatic heterocycles. The highest BCUT2D eigenvalue weighted by Crippen LogP contribution is 2.35. The fourth-order valence-electron chi connectivity index (χ4n) is 3.63. The Morgan fingerprint density at radius 2 is 0.955 bits per heavy atom. The Balaban J connectivity index is 2.05. The Labute approximate surface area is 136 Å². The van der Waals surface area contributed by atoms with Crippen LogP contribution in [0, 0.1) is 23.7 Å². The van der Waals surface area contributed by atoms with E-state index < -0.39 is 0 Å². The van der Waals surface area contributed by atoms with E-state index in [9.17, 15) is 0 Å². The molecule has 0 aromatic rings. The molecule has 0 aliphatic carbocycles. The van der Waals surface area contributed by atoms with Gasteiger partial charge in [0.25, 0.3) is 0 Å². The fourth-order valence-corrected chi connectivity index (χ4v) is 3.63. The molecule has 2 heterocycles. The molecule has 2 atom stereocenters. The van der Waals surface area contributed by atoms with Gasteiger partial charge in [0.05, 0.1) is 11.2 Å². The van der Waals surface area contributed by atoms with Crippen LogP contribution in [0.3, 0.4) is 0 Å². The highest BCUT2D eigenvalue weighted by Gasteiger charge is 2.37. The van der Waals surface area contributed by atoms with Crippen LogP contribution in [-0.4, -0.2) is 22.4 Å². The lowest BCUT2D eigenvalue weighted by atomic mass is 9.88. The first-order valence-electron chi connectivity index (χ1n) is 8.48. The number of rotatable bonds is 0. The minimum atomic E-state index is -0.371. The third-order valence-corrected chi connectivity index (χ3v) is 4.58. The number of ether oxygens (including phenoxy) is 2. The van der Waals surface area contributed by atoms with Crippen LogP contribution in [-0.2, 0) is 9.47 Å². The van der Waals surface area contributed by atoms with Gasteiger partial charge in [0.15, 0.2) is 0 Å². The second-order valence-electron chi connectivity index (χ2n) is 8.39. The molecule has 2 aliphatic rings. The molecule has 2 aliphatic heterocycles. The summed E-state index contributed by atoms with van der Waals surface area (Å²) in [5.74, 6) is 12.5. The van der Waals surface area contributed by atoms with E-state index in [4.69, 9.17) is 9.47 Å². The van der Waals surface area contributed by atoms with E-state index in [1.807, 2.05) is 0 Å². The Bertz CT molecular complexity index is 488. The smallest absolute Gasteiger partial charge is 0.127 e. The van der Waals surface area contributed by atoms with Gasteiger partial charge in [-0.1, -0.05) is 11.8 Å². The lowest BCUT2D eigenvalue weighted by Crippen LogP contribution is -2.42. The third-order valence-electron chi connectivity index (χ3n) is 4.58. The summed E-state index contributed by atoms with van der Waals surface area (Å²) in [6.07, 6.45) is 6.45. The average Bonchev–Trinajstić information content (AvgIpc) is 2.31. The molecule has 0 spiro atoms. The Hall–Kier alpha value is -0.960. The molecule has 2 rings (SSSR count). The first-order chi connectivity index (χ1) is 10.0. The van der Waals surface area contributed by atoms with Gasteiger partial charge in [-0.05, 0) is 91.9 Å². The van der Waals surface area contributed by atoms with Crippen molar-refractivity contribution in [2.24, 2.45) is 0 Å². The van der Waals surface area contributed by atoms with Crippen molar-refractivity contribution >= 4 is 0 Å². The van der Waals surface area contributed by atoms with Crippen molar-refractivity contribution in [3.05, 3.63) is 0 Å². The quantitative estimate of drug-likeness (QED) is 0.615. The standard InChI is InChI=1S/C20H30O2/c1-17(2)11-9-15-19(5,21-17)13-7-8-14-20(6)16-10-12-18(3,4)22-20/h9-12,15-16H2,1-6H3/t19-,20-/m1/s1. The van der Waals surface area contributed by atoms with Gasteiger partial charge in [-0.3, -0.25) is 0 Å². The first-order valence-corrected chi connectivity index (χ1v) is 8.48. The first kappa shape index (κ1) is 17.4. The van der Waals surface area contributed by atoms with E-state index in [0.717, 1.165) is 38.5 Å². The Kier molecular flexibility index (Phi) is 4.68. The van der Waals surface area contributed by atoms with E-state index in [2.05, 4.69) is 65.2 Å². The average molecular weight is 302 g/mol. The van der Waals surface area contributed by atoms with Crippen LogP contribution in [0.15, 0.2) is 0 Å². The van der Waals surface area contributed by atoms with Gasteiger partial charge in [0.2, 0.25) is 0 Å². The maximum atomic E-state index is 6.14. The largest absolute Gasteiger partial charge is 0.357 e. The van der Waals surface area contributed by atoms with Gasteiger partial charge in [-0.2, -0.15) is 0 Å². The van der Waals surface area contributed by atoms with Crippen molar-refractivity contribution in [2.75, 3.05) is 0 Å². The van der Waals surface area contributed by atoms with Gasteiger partial charge < -0.3 is 9.47 Å². The van der Waals surface area contributed by atoms with E-state index in [0.29, 0.717) is 0 Å². The normalized spacial score (nSPS) is 36.5. The zero-order valence-corrected chi connectivity index (χ0v) is 15.1. The molecule has 0 unspecified atom stereocenters. The summed E-state index contributed by atoms with van der Waals surface area (Å²) >= 11 is 0. The molecule has 0 aromatic carbocycles. The molecule has 0 saturated carbocycles. The molecule has 0 radical (unpaired) electrons. The third kappa shape index (κ3) is 4.77. The minimum Gasteiger partial charge on any atom is -0.357 e. The van der Waals surface area contributed by atoms with Crippen LogP contribution in [0.25, 0.3) is 0 Å². The molecule has 0 N–H and O–H groups in total. The Morgan fingerprint density at radius 1 is 0.591 bits per heavy atom. The molecular weight excluding hydrogens is 272 g/mol. The molecule has 2 fully saturated rings. The zero-order chi connectivity index (χ0) is 16.5. The predicted octanol–water partition coefficient (Wildman–Crippen LogP) is 4.47. The SMILES string of the molecule is CC1(C)CCC[C@@](C)(C#CC#C[C@]2(C)CCCC(C)(C)O2)O1. The molecule has 0 amide bonds. The van der Waals surface area contributed by atoms with E-state index in [1.54, 1.807) is 0 Å². The molecule has 2 nitrogen and oxygen atoms in total. The van der Waals surface area contributed by atoms with Crippen LogP contribution in [0.5, 0.6) is 0 Å². The number of hydrogen-bond acceptors (Lipinski definition) is 2. The summed E-state index contributed by atoms with van der Waals surface area (Å²) in [5.41, 5.74) is -0.913. The predicted molar refractivity (Wildman–Crippen MR) is 90.4 cm³/mol. The van der Waals surface area contributed by atoms with Crippen LogP contribution < -0.4 is 0 Å². The zero-order valence-electron chi connectivity index (χ0n) is 15.1. The highest BCUT2D eigenvalue weighted by atomic mass is 16.5. The molecular formula is C20H30O2. The number of hydrogen-bond donors (Lipinski definition) is 0. The maximum absolute atomic E-state index is 6.14. The van der Waals surface area contributed by atoms with Crippen LogP contribution in [0.2, 0.25) is 0 Å². The lowest BCUT2D eigenvalue weighted by Gasteiger charge is -2.40. The van der Waals surface area contributed by atoms with Crippen LogP contribution in [0.1, 0.15) is 80.1 Å². The second kappa shape index (κ2) is 5.92. The lowest BCUT2D eigenvalue weighted by molar-refractivity contribution is -0.135. The van der Waals surface area contributed by atoms with Crippen molar-refractivity contribution in [1.82, 2.24) is 0 Å². The van der Waals surface area contributed by atoms with Crippen molar-refractivity contribution in [3.63, 3.8) is 0 Å². The Morgan fingerprint density at radius 3 is 1.27 bits per heavy atom. The van der Waals surface area contributed by atoms with Crippen molar-refractivity contribution in [3.8, 4) is 23.7 Å². The summed E-state index contributed by atoms with van der Waals surface area (Å²) in [4.78, 5) is 0. The van der Waals surface area contributed by atoms with Gasteiger partial charge in [-0.15, -0.1) is 0 Å². The van der Waals surface area contributed by atoms with E-state index >= 15 is 0 Å². The molecule has 22 heavy (non-hydrogen) atoms. The minimum absolute atomic E-state index is 0.0857. The summed E-state index contributed by atoms with van der Waals surface area (Å²) in [7, 11) is 0.